The van der Waals surface area contributed by atoms with E-state index < -0.39 is 10.0 Å². The third kappa shape index (κ3) is 3.60. The normalized spacial score (nSPS) is 11.4. The standard InChI is InChI=1S/C16H18N2O2S/c1-3-4-5-6-12-18-21(19,20)15-10-9-13(2)16-14(15)8-7-11-17-16/h1,7-11,18H,4-6,12H2,2H3. The molecule has 0 saturated carbocycles. The van der Waals surface area contributed by atoms with Crippen molar-refractivity contribution in [1.29, 1.82) is 0 Å². The SMILES string of the molecule is C#CCCCCNS(=O)(=O)c1ccc(C)c2ncccc12. The van der Waals surface area contributed by atoms with Crippen molar-refractivity contribution in [3.8, 4) is 12.3 Å². The van der Waals surface area contributed by atoms with Gasteiger partial charge in [-0.15, -0.1) is 12.3 Å². The Hall–Kier alpha value is -1.90. The molecule has 5 heteroatoms. The fraction of sp³-hybridized carbons (Fsp3) is 0.312. The van der Waals surface area contributed by atoms with Crippen LogP contribution in [-0.4, -0.2) is 19.9 Å². The smallest absolute Gasteiger partial charge is 0.241 e. The van der Waals surface area contributed by atoms with Crippen LogP contribution in [0.5, 0.6) is 0 Å². The van der Waals surface area contributed by atoms with Crippen LogP contribution in [0.1, 0.15) is 24.8 Å². The number of unbranched alkanes of at least 4 members (excludes halogenated alkanes) is 2. The molecule has 0 amide bonds. The number of aromatic nitrogens is 1. The van der Waals surface area contributed by atoms with Crippen molar-refractivity contribution in [2.24, 2.45) is 0 Å². The van der Waals surface area contributed by atoms with Crippen LogP contribution in [-0.2, 0) is 10.0 Å². The Labute approximate surface area is 125 Å². The average Bonchev–Trinajstić information content (AvgIpc) is 2.47. The second kappa shape index (κ2) is 6.70. The van der Waals surface area contributed by atoms with Crippen molar-refractivity contribution >= 4 is 20.9 Å². The Bertz CT molecular complexity index is 776. The first kappa shape index (κ1) is 15.5. The molecule has 1 heterocycles. The highest BCUT2D eigenvalue weighted by atomic mass is 32.2. The van der Waals surface area contributed by atoms with Gasteiger partial charge in [0, 0.05) is 24.5 Å². The molecule has 4 nitrogen and oxygen atoms in total. The predicted molar refractivity (Wildman–Crippen MR) is 84.4 cm³/mol. The van der Waals surface area contributed by atoms with Crippen molar-refractivity contribution in [2.75, 3.05) is 6.54 Å². The number of pyridine rings is 1. The summed E-state index contributed by atoms with van der Waals surface area (Å²) in [5, 5.41) is 0.647. The maximum atomic E-state index is 12.4. The summed E-state index contributed by atoms with van der Waals surface area (Å²) in [6.07, 6.45) is 9.04. The van der Waals surface area contributed by atoms with E-state index in [1.165, 1.54) is 0 Å². The number of nitrogens with zero attached hydrogens (tertiary/aromatic N) is 1. The Morgan fingerprint density at radius 3 is 2.86 bits per heavy atom. The fourth-order valence-corrected chi connectivity index (χ4v) is 3.43. The Kier molecular flexibility index (Phi) is 4.94. The highest BCUT2D eigenvalue weighted by Crippen LogP contribution is 2.23. The van der Waals surface area contributed by atoms with Gasteiger partial charge in [0.05, 0.1) is 10.4 Å². The molecule has 0 atom stereocenters. The van der Waals surface area contributed by atoms with Gasteiger partial charge in [-0.1, -0.05) is 6.07 Å². The second-order valence-corrected chi connectivity index (χ2v) is 6.57. The van der Waals surface area contributed by atoms with E-state index in [0.717, 1.165) is 18.4 Å². The lowest BCUT2D eigenvalue weighted by Gasteiger charge is -2.10. The van der Waals surface area contributed by atoms with E-state index >= 15 is 0 Å². The molecular formula is C16H18N2O2S. The monoisotopic (exact) mass is 302 g/mol. The summed E-state index contributed by atoms with van der Waals surface area (Å²) in [5.41, 5.74) is 1.67. The maximum absolute atomic E-state index is 12.4. The first-order valence-corrected chi connectivity index (χ1v) is 8.32. The molecule has 0 aliphatic rings. The molecule has 0 aliphatic heterocycles. The highest BCUT2D eigenvalue weighted by molar-refractivity contribution is 7.89. The van der Waals surface area contributed by atoms with Gasteiger partial charge in [0.25, 0.3) is 0 Å². The number of fused-ring (bicyclic) bond motifs is 1. The van der Waals surface area contributed by atoms with E-state index in [2.05, 4.69) is 15.6 Å². The van der Waals surface area contributed by atoms with Crippen molar-refractivity contribution in [3.05, 3.63) is 36.0 Å². The van der Waals surface area contributed by atoms with Crippen LogP contribution in [0.3, 0.4) is 0 Å². The molecule has 0 saturated heterocycles. The summed E-state index contributed by atoms with van der Waals surface area (Å²) < 4.78 is 27.4. The summed E-state index contributed by atoms with van der Waals surface area (Å²) >= 11 is 0. The molecule has 0 radical (unpaired) electrons. The van der Waals surface area contributed by atoms with E-state index in [1.807, 2.05) is 6.92 Å². The first-order valence-electron chi connectivity index (χ1n) is 6.84. The lowest BCUT2D eigenvalue weighted by Crippen LogP contribution is -2.25. The molecule has 110 valence electrons. The van der Waals surface area contributed by atoms with Crippen molar-refractivity contribution < 1.29 is 8.42 Å². The minimum Gasteiger partial charge on any atom is -0.256 e. The Morgan fingerprint density at radius 2 is 2.10 bits per heavy atom. The van der Waals surface area contributed by atoms with E-state index in [0.29, 0.717) is 23.9 Å². The molecule has 0 fully saturated rings. The number of benzene rings is 1. The molecule has 2 aromatic rings. The van der Waals surface area contributed by atoms with Gasteiger partial charge in [-0.25, -0.2) is 13.1 Å². The number of hydrogen-bond donors (Lipinski definition) is 1. The lowest BCUT2D eigenvalue weighted by atomic mass is 10.1. The Morgan fingerprint density at radius 1 is 1.29 bits per heavy atom. The molecule has 0 bridgehead atoms. The van der Waals surface area contributed by atoms with Gasteiger partial charge in [-0.05, 0) is 43.5 Å². The molecule has 1 aromatic heterocycles. The van der Waals surface area contributed by atoms with Gasteiger partial charge in [0.15, 0.2) is 0 Å². The highest BCUT2D eigenvalue weighted by Gasteiger charge is 2.17. The third-order valence-electron chi connectivity index (χ3n) is 3.26. The van der Waals surface area contributed by atoms with Crippen molar-refractivity contribution in [1.82, 2.24) is 9.71 Å². The van der Waals surface area contributed by atoms with Crippen LogP contribution < -0.4 is 4.72 Å². The van der Waals surface area contributed by atoms with Crippen LogP contribution in [0.2, 0.25) is 0 Å². The number of rotatable bonds is 6. The zero-order valence-corrected chi connectivity index (χ0v) is 12.8. The van der Waals surface area contributed by atoms with Crippen LogP contribution in [0.4, 0.5) is 0 Å². The van der Waals surface area contributed by atoms with Gasteiger partial charge in [-0.3, -0.25) is 4.98 Å². The summed E-state index contributed by atoms with van der Waals surface area (Å²) in [5.74, 6) is 2.54. The molecule has 0 unspecified atom stereocenters. The molecule has 1 N–H and O–H groups in total. The van der Waals surface area contributed by atoms with Crippen LogP contribution in [0, 0.1) is 19.3 Å². The summed E-state index contributed by atoms with van der Waals surface area (Å²) in [6.45, 7) is 2.30. The quantitative estimate of drug-likeness (QED) is 0.659. The molecule has 1 aromatic carbocycles. The van der Waals surface area contributed by atoms with Crippen LogP contribution >= 0.6 is 0 Å². The zero-order chi connectivity index (χ0) is 15.3. The van der Waals surface area contributed by atoms with Gasteiger partial charge < -0.3 is 0 Å². The largest absolute Gasteiger partial charge is 0.256 e. The van der Waals surface area contributed by atoms with Gasteiger partial charge in [0.1, 0.15) is 0 Å². The zero-order valence-electron chi connectivity index (χ0n) is 12.0. The molecule has 21 heavy (non-hydrogen) atoms. The molecule has 0 aliphatic carbocycles. The van der Waals surface area contributed by atoms with Gasteiger partial charge in [0.2, 0.25) is 10.0 Å². The van der Waals surface area contributed by atoms with Gasteiger partial charge >= 0.3 is 0 Å². The average molecular weight is 302 g/mol. The minimum atomic E-state index is -3.53. The van der Waals surface area contributed by atoms with E-state index in [-0.39, 0.29) is 4.90 Å². The van der Waals surface area contributed by atoms with E-state index in [4.69, 9.17) is 6.42 Å². The summed E-state index contributed by atoms with van der Waals surface area (Å²) in [7, 11) is -3.53. The lowest BCUT2D eigenvalue weighted by molar-refractivity contribution is 0.578. The maximum Gasteiger partial charge on any atom is 0.241 e. The molecule has 0 spiro atoms. The molecular weight excluding hydrogens is 284 g/mol. The number of aryl methyl sites for hydroxylation is 1. The second-order valence-electron chi connectivity index (χ2n) is 4.84. The number of terminal acetylenes is 1. The predicted octanol–water partition coefficient (Wildman–Crippen LogP) is 2.63. The number of hydrogen-bond acceptors (Lipinski definition) is 3. The minimum absolute atomic E-state index is 0.271. The van der Waals surface area contributed by atoms with Crippen molar-refractivity contribution in [3.63, 3.8) is 0 Å². The van der Waals surface area contributed by atoms with E-state index in [9.17, 15) is 8.42 Å². The van der Waals surface area contributed by atoms with E-state index in [1.54, 1.807) is 30.5 Å². The Balaban J connectivity index is 2.25. The van der Waals surface area contributed by atoms with Crippen molar-refractivity contribution in [2.45, 2.75) is 31.1 Å². The topological polar surface area (TPSA) is 59.1 Å². The number of nitrogens with one attached hydrogen (secondary N) is 1. The van der Waals surface area contributed by atoms with Crippen LogP contribution in [0.25, 0.3) is 10.9 Å². The number of sulfonamides is 1. The van der Waals surface area contributed by atoms with Crippen LogP contribution in [0.15, 0.2) is 35.4 Å². The first-order chi connectivity index (χ1) is 10.1. The fourth-order valence-electron chi connectivity index (χ4n) is 2.16. The summed E-state index contributed by atoms with van der Waals surface area (Å²) in [6, 6.07) is 6.93. The third-order valence-corrected chi connectivity index (χ3v) is 4.78. The van der Waals surface area contributed by atoms with Gasteiger partial charge in [-0.2, -0.15) is 0 Å². The summed E-state index contributed by atoms with van der Waals surface area (Å²) in [4.78, 5) is 4.53. The molecule has 2 rings (SSSR count).